The van der Waals surface area contributed by atoms with E-state index in [0.717, 1.165) is 0 Å². The van der Waals surface area contributed by atoms with Crippen molar-refractivity contribution in [3.63, 3.8) is 0 Å². The van der Waals surface area contributed by atoms with Crippen molar-refractivity contribution in [3.05, 3.63) is 36.5 Å². The third kappa shape index (κ3) is 3.41. The molecule has 0 saturated carbocycles. The standard InChI is InChI=1S/C12H16O/c1-12(2,3)9-8-11(13)10-6-4-5-7-10/h4-10H,1-3H3. The highest BCUT2D eigenvalue weighted by atomic mass is 16.1. The molecular formula is C12H16O. The molecule has 0 aromatic carbocycles. The van der Waals surface area contributed by atoms with Crippen LogP contribution in [0.25, 0.3) is 0 Å². The summed E-state index contributed by atoms with van der Waals surface area (Å²) in [6.07, 6.45) is 11.3. The van der Waals surface area contributed by atoms with Gasteiger partial charge in [-0.2, -0.15) is 0 Å². The highest BCUT2D eigenvalue weighted by molar-refractivity contribution is 5.94. The number of hydrogen-bond acceptors (Lipinski definition) is 1. The normalized spacial score (nSPS) is 17.5. The lowest BCUT2D eigenvalue weighted by Gasteiger charge is -2.11. The molecule has 0 saturated heterocycles. The van der Waals surface area contributed by atoms with E-state index in [2.05, 4.69) is 20.8 Å². The molecule has 1 aliphatic rings. The zero-order chi connectivity index (χ0) is 9.90. The van der Waals surface area contributed by atoms with Gasteiger partial charge >= 0.3 is 0 Å². The van der Waals surface area contributed by atoms with Gasteiger partial charge in [-0.3, -0.25) is 4.79 Å². The van der Waals surface area contributed by atoms with Gasteiger partial charge in [-0.25, -0.2) is 0 Å². The SMILES string of the molecule is CC(C)(C)C=CC(=O)C1C=CC=C1. The Morgan fingerprint density at radius 3 is 2.23 bits per heavy atom. The van der Waals surface area contributed by atoms with Crippen LogP contribution in [-0.2, 0) is 4.79 Å². The molecule has 13 heavy (non-hydrogen) atoms. The number of carbonyl (C=O) groups is 1. The maximum Gasteiger partial charge on any atom is 0.166 e. The van der Waals surface area contributed by atoms with Crippen LogP contribution >= 0.6 is 0 Å². The van der Waals surface area contributed by atoms with Gasteiger partial charge in [0.05, 0.1) is 5.92 Å². The van der Waals surface area contributed by atoms with Crippen LogP contribution in [0, 0.1) is 11.3 Å². The van der Waals surface area contributed by atoms with Crippen LogP contribution < -0.4 is 0 Å². The first kappa shape index (κ1) is 9.97. The van der Waals surface area contributed by atoms with Crippen molar-refractivity contribution >= 4 is 5.78 Å². The second-order valence-corrected chi connectivity index (χ2v) is 4.40. The van der Waals surface area contributed by atoms with Gasteiger partial charge in [0.15, 0.2) is 5.78 Å². The quantitative estimate of drug-likeness (QED) is 0.591. The molecule has 0 aliphatic heterocycles. The highest BCUT2D eigenvalue weighted by Gasteiger charge is 2.12. The molecule has 1 aliphatic carbocycles. The molecule has 0 aromatic heterocycles. The largest absolute Gasteiger partial charge is 0.294 e. The van der Waals surface area contributed by atoms with E-state index < -0.39 is 0 Å². The Hall–Kier alpha value is -1.11. The summed E-state index contributed by atoms with van der Waals surface area (Å²) in [6, 6.07) is 0. The Kier molecular flexibility index (Phi) is 2.86. The molecule has 0 radical (unpaired) electrons. The molecule has 0 bridgehead atoms. The fourth-order valence-electron chi connectivity index (χ4n) is 1.06. The van der Waals surface area contributed by atoms with E-state index in [1.165, 1.54) is 0 Å². The molecule has 1 rings (SSSR count). The minimum Gasteiger partial charge on any atom is -0.294 e. The molecule has 0 atom stereocenters. The average Bonchev–Trinajstić information content (AvgIpc) is 2.50. The zero-order valence-corrected chi connectivity index (χ0v) is 8.45. The van der Waals surface area contributed by atoms with E-state index in [1.807, 2.05) is 30.4 Å². The van der Waals surface area contributed by atoms with Gasteiger partial charge in [0, 0.05) is 0 Å². The minimum absolute atomic E-state index is 0.0291. The van der Waals surface area contributed by atoms with Crippen LogP contribution in [0.3, 0.4) is 0 Å². The van der Waals surface area contributed by atoms with E-state index in [1.54, 1.807) is 6.08 Å². The molecular weight excluding hydrogens is 160 g/mol. The van der Waals surface area contributed by atoms with E-state index in [-0.39, 0.29) is 17.1 Å². The van der Waals surface area contributed by atoms with Gasteiger partial charge in [-0.15, -0.1) is 0 Å². The first-order valence-corrected chi connectivity index (χ1v) is 4.57. The Morgan fingerprint density at radius 1 is 1.23 bits per heavy atom. The van der Waals surface area contributed by atoms with Crippen LogP contribution in [0.15, 0.2) is 36.5 Å². The number of carbonyl (C=O) groups excluding carboxylic acids is 1. The summed E-state index contributed by atoms with van der Waals surface area (Å²) in [5.74, 6) is 0.138. The van der Waals surface area contributed by atoms with Crippen molar-refractivity contribution in [2.75, 3.05) is 0 Å². The molecule has 0 aromatic rings. The van der Waals surface area contributed by atoms with Gasteiger partial charge in [-0.1, -0.05) is 51.2 Å². The Bertz CT molecular complexity index is 262. The summed E-state index contributed by atoms with van der Waals surface area (Å²) in [5.41, 5.74) is 0.0850. The molecule has 70 valence electrons. The first-order chi connectivity index (χ1) is 5.99. The van der Waals surface area contributed by atoms with E-state index in [0.29, 0.717) is 0 Å². The Labute approximate surface area is 79.8 Å². The minimum atomic E-state index is -0.0291. The number of ketones is 1. The van der Waals surface area contributed by atoms with Crippen molar-refractivity contribution in [2.45, 2.75) is 20.8 Å². The molecule has 1 heteroatoms. The molecule has 0 amide bonds. The maximum absolute atomic E-state index is 11.5. The summed E-state index contributed by atoms with van der Waals surface area (Å²) in [6.45, 7) is 6.24. The first-order valence-electron chi connectivity index (χ1n) is 4.57. The molecule has 0 heterocycles. The van der Waals surface area contributed by atoms with Gasteiger partial charge in [-0.05, 0) is 11.5 Å². The van der Waals surface area contributed by atoms with E-state index >= 15 is 0 Å². The molecule has 1 nitrogen and oxygen atoms in total. The lowest BCUT2D eigenvalue weighted by molar-refractivity contribution is -0.115. The smallest absolute Gasteiger partial charge is 0.166 e. The zero-order valence-electron chi connectivity index (χ0n) is 8.45. The van der Waals surface area contributed by atoms with Crippen LogP contribution in [0.2, 0.25) is 0 Å². The third-order valence-electron chi connectivity index (χ3n) is 1.82. The fourth-order valence-corrected chi connectivity index (χ4v) is 1.06. The van der Waals surface area contributed by atoms with Crippen LogP contribution in [0.1, 0.15) is 20.8 Å². The van der Waals surface area contributed by atoms with Gasteiger partial charge < -0.3 is 0 Å². The maximum atomic E-state index is 11.5. The van der Waals surface area contributed by atoms with Crippen molar-refractivity contribution in [3.8, 4) is 0 Å². The van der Waals surface area contributed by atoms with Crippen molar-refractivity contribution in [1.29, 1.82) is 0 Å². The van der Waals surface area contributed by atoms with Crippen molar-refractivity contribution < 1.29 is 4.79 Å². The summed E-state index contributed by atoms with van der Waals surface area (Å²) in [4.78, 5) is 11.5. The Balaban J connectivity index is 2.55. The third-order valence-corrected chi connectivity index (χ3v) is 1.82. The summed E-state index contributed by atoms with van der Waals surface area (Å²) >= 11 is 0. The number of rotatable bonds is 2. The van der Waals surface area contributed by atoms with Crippen molar-refractivity contribution in [1.82, 2.24) is 0 Å². The van der Waals surface area contributed by atoms with Gasteiger partial charge in [0.25, 0.3) is 0 Å². The van der Waals surface area contributed by atoms with Gasteiger partial charge in [0.2, 0.25) is 0 Å². The average molecular weight is 176 g/mol. The molecule has 0 N–H and O–H groups in total. The fraction of sp³-hybridized carbons (Fsp3) is 0.417. The van der Waals surface area contributed by atoms with E-state index in [4.69, 9.17) is 0 Å². The van der Waals surface area contributed by atoms with Crippen molar-refractivity contribution in [2.24, 2.45) is 11.3 Å². The second-order valence-electron chi connectivity index (χ2n) is 4.40. The lowest BCUT2D eigenvalue weighted by Crippen LogP contribution is -2.07. The molecule has 0 fully saturated rings. The molecule has 0 spiro atoms. The summed E-state index contributed by atoms with van der Waals surface area (Å²) in [7, 11) is 0. The highest BCUT2D eigenvalue weighted by Crippen LogP contribution is 2.16. The van der Waals surface area contributed by atoms with Crippen LogP contribution in [0.5, 0.6) is 0 Å². The predicted octanol–water partition coefficient (Wildman–Crippen LogP) is 2.90. The monoisotopic (exact) mass is 176 g/mol. The topological polar surface area (TPSA) is 17.1 Å². The summed E-state index contributed by atoms with van der Waals surface area (Å²) < 4.78 is 0. The summed E-state index contributed by atoms with van der Waals surface area (Å²) in [5, 5.41) is 0. The lowest BCUT2D eigenvalue weighted by atomic mass is 9.94. The second kappa shape index (κ2) is 3.73. The Morgan fingerprint density at radius 2 is 1.77 bits per heavy atom. The predicted molar refractivity (Wildman–Crippen MR) is 55.4 cm³/mol. The number of allylic oxidation sites excluding steroid dienone is 6. The van der Waals surface area contributed by atoms with Crippen LogP contribution in [-0.4, -0.2) is 5.78 Å². The molecule has 0 unspecified atom stereocenters. The number of hydrogen-bond donors (Lipinski definition) is 0. The van der Waals surface area contributed by atoms with Crippen LogP contribution in [0.4, 0.5) is 0 Å². The van der Waals surface area contributed by atoms with E-state index in [9.17, 15) is 4.79 Å². The van der Waals surface area contributed by atoms with Gasteiger partial charge in [0.1, 0.15) is 0 Å².